The molecule has 122 valence electrons. The molecule has 0 radical (unpaired) electrons. The molecule has 3 heteroatoms. The van der Waals surface area contributed by atoms with Crippen LogP contribution in [0.25, 0.3) is 0 Å². The molecule has 0 amide bonds. The Morgan fingerprint density at radius 3 is 1.50 bits per heavy atom. The Balaban J connectivity index is 0.000000306. The van der Waals surface area contributed by atoms with E-state index in [1.807, 2.05) is 20.8 Å². The molecule has 0 aromatic carbocycles. The monoisotopic (exact) mass is 288 g/mol. The SMILES string of the molecule is CC1C2CCC(C2)C1C.CCO.CCOC(C)OCC. The van der Waals surface area contributed by atoms with Crippen LogP contribution in [0.1, 0.15) is 60.8 Å². The zero-order chi connectivity index (χ0) is 15.5. The quantitative estimate of drug-likeness (QED) is 0.792. The zero-order valence-corrected chi connectivity index (χ0v) is 14.4. The lowest BCUT2D eigenvalue weighted by atomic mass is 9.82. The molecule has 20 heavy (non-hydrogen) atoms. The maximum Gasteiger partial charge on any atom is 0.154 e. The van der Waals surface area contributed by atoms with Gasteiger partial charge in [0.1, 0.15) is 0 Å². The topological polar surface area (TPSA) is 38.7 Å². The third-order valence-electron chi connectivity index (χ3n) is 4.63. The summed E-state index contributed by atoms with van der Waals surface area (Å²) in [7, 11) is 0. The van der Waals surface area contributed by atoms with Crippen molar-refractivity contribution in [3.05, 3.63) is 0 Å². The Bertz CT molecular complexity index is 196. The van der Waals surface area contributed by atoms with Crippen LogP contribution in [0, 0.1) is 23.7 Å². The fourth-order valence-corrected chi connectivity index (χ4v) is 3.38. The molecular weight excluding hydrogens is 252 g/mol. The summed E-state index contributed by atoms with van der Waals surface area (Å²) < 4.78 is 10.1. The molecule has 2 fully saturated rings. The first-order valence-corrected chi connectivity index (χ1v) is 8.35. The van der Waals surface area contributed by atoms with Crippen LogP contribution in [-0.4, -0.2) is 31.2 Å². The summed E-state index contributed by atoms with van der Waals surface area (Å²) in [6.45, 7) is 14.1. The lowest BCUT2D eigenvalue weighted by molar-refractivity contribution is -0.123. The van der Waals surface area contributed by atoms with Crippen molar-refractivity contribution in [2.75, 3.05) is 19.8 Å². The number of hydrogen-bond donors (Lipinski definition) is 1. The van der Waals surface area contributed by atoms with Crippen LogP contribution in [0.5, 0.6) is 0 Å². The molecule has 0 spiro atoms. The first kappa shape index (κ1) is 19.9. The number of rotatable bonds is 4. The number of aliphatic hydroxyl groups is 1. The highest BCUT2D eigenvalue weighted by molar-refractivity contribution is 4.92. The molecule has 2 rings (SSSR count). The van der Waals surface area contributed by atoms with Gasteiger partial charge in [0.15, 0.2) is 6.29 Å². The van der Waals surface area contributed by atoms with E-state index in [9.17, 15) is 0 Å². The van der Waals surface area contributed by atoms with E-state index < -0.39 is 0 Å². The van der Waals surface area contributed by atoms with E-state index in [1.54, 1.807) is 13.3 Å². The van der Waals surface area contributed by atoms with Gasteiger partial charge in [-0.15, -0.1) is 0 Å². The molecule has 4 atom stereocenters. The van der Waals surface area contributed by atoms with Crippen LogP contribution in [0.3, 0.4) is 0 Å². The Morgan fingerprint density at radius 2 is 1.30 bits per heavy atom. The molecule has 2 aliphatic carbocycles. The predicted octanol–water partition coefficient (Wildman–Crippen LogP) is 4.09. The van der Waals surface area contributed by atoms with E-state index in [-0.39, 0.29) is 12.9 Å². The summed E-state index contributed by atoms with van der Waals surface area (Å²) in [5, 5.41) is 7.57. The molecule has 4 unspecified atom stereocenters. The largest absolute Gasteiger partial charge is 0.397 e. The normalized spacial score (nSPS) is 30.6. The van der Waals surface area contributed by atoms with Crippen molar-refractivity contribution in [3.63, 3.8) is 0 Å². The molecule has 0 aromatic rings. The van der Waals surface area contributed by atoms with Crippen molar-refractivity contribution >= 4 is 0 Å². The molecule has 0 heterocycles. The summed E-state index contributed by atoms with van der Waals surface area (Å²) in [5.41, 5.74) is 0. The standard InChI is InChI=1S/C9H16.C6H14O2.C2H6O/c1-6-7(2)9-4-3-8(6)5-9;1-4-7-6(3)8-5-2;1-2-3/h6-9H,3-5H2,1-2H3;6H,4-5H2,1-3H3;3H,2H2,1H3. The Labute approximate surface area is 126 Å². The van der Waals surface area contributed by atoms with Gasteiger partial charge >= 0.3 is 0 Å². The Morgan fingerprint density at radius 1 is 0.950 bits per heavy atom. The smallest absolute Gasteiger partial charge is 0.154 e. The third-order valence-corrected chi connectivity index (χ3v) is 4.63. The van der Waals surface area contributed by atoms with E-state index in [0.29, 0.717) is 0 Å². The first-order valence-electron chi connectivity index (χ1n) is 8.35. The van der Waals surface area contributed by atoms with Crippen molar-refractivity contribution in [2.24, 2.45) is 23.7 Å². The van der Waals surface area contributed by atoms with Crippen molar-refractivity contribution in [1.29, 1.82) is 0 Å². The lowest BCUT2D eigenvalue weighted by Crippen LogP contribution is -2.15. The molecule has 3 nitrogen and oxygen atoms in total. The van der Waals surface area contributed by atoms with Gasteiger partial charge in [0.25, 0.3) is 0 Å². The van der Waals surface area contributed by atoms with Crippen molar-refractivity contribution in [3.8, 4) is 0 Å². The van der Waals surface area contributed by atoms with Gasteiger partial charge in [-0.3, -0.25) is 0 Å². The summed E-state index contributed by atoms with van der Waals surface area (Å²) in [4.78, 5) is 0. The average Bonchev–Trinajstić information content (AvgIpc) is 2.97. The molecule has 2 saturated carbocycles. The average molecular weight is 288 g/mol. The van der Waals surface area contributed by atoms with Crippen LogP contribution < -0.4 is 0 Å². The number of ether oxygens (including phenoxy) is 2. The van der Waals surface area contributed by atoms with Gasteiger partial charge in [-0.05, 0) is 70.6 Å². The number of fused-ring (bicyclic) bond motifs is 2. The van der Waals surface area contributed by atoms with E-state index in [1.165, 1.54) is 12.8 Å². The summed E-state index contributed by atoms with van der Waals surface area (Å²) in [6.07, 6.45) is 4.60. The highest BCUT2D eigenvalue weighted by atomic mass is 16.7. The molecule has 1 N–H and O–H groups in total. The first-order chi connectivity index (χ1) is 9.51. The van der Waals surface area contributed by atoms with Crippen molar-refractivity contribution < 1.29 is 14.6 Å². The maximum atomic E-state index is 7.57. The van der Waals surface area contributed by atoms with Crippen molar-refractivity contribution in [1.82, 2.24) is 0 Å². The molecule has 0 saturated heterocycles. The maximum absolute atomic E-state index is 7.57. The van der Waals surface area contributed by atoms with Gasteiger partial charge in [-0.2, -0.15) is 0 Å². The second kappa shape index (κ2) is 11.5. The zero-order valence-electron chi connectivity index (χ0n) is 14.4. The third kappa shape index (κ3) is 7.05. The Kier molecular flexibility index (Phi) is 11.5. The second-order valence-corrected chi connectivity index (χ2v) is 5.85. The second-order valence-electron chi connectivity index (χ2n) is 5.85. The van der Waals surface area contributed by atoms with E-state index in [4.69, 9.17) is 14.6 Å². The summed E-state index contributed by atoms with van der Waals surface area (Å²) >= 11 is 0. The molecular formula is C17H36O3. The Hall–Kier alpha value is -0.120. The van der Waals surface area contributed by atoms with Crippen LogP contribution in [0.15, 0.2) is 0 Å². The molecule has 0 aliphatic heterocycles. The number of hydrogen-bond acceptors (Lipinski definition) is 3. The van der Waals surface area contributed by atoms with Gasteiger partial charge < -0.3 is 14.6 Å². The summed E-state index contributed by atoms with van der Waals surface area (Å²) in [6, 6.07) is 0. The molecule has 2 bridgehead atoms. The van der Waals surface area contributed by atoms with E-state index >= 15 is 0 Å². The predicted molar refractivity (Wildman–Crippen MR) is 84.6 cm³/mol. The van der Waals surface area contributed by atoms with Gasteiger partial charge in [-0.25, -0.2) is 0 Å². The highest BCUT2D eigenvalue weighted by Crippen LogP contribution is 2.51. The lowest BCUT2D eigenvalue weighted by Gasteiger charge is -2.24. The molecule has 2 aliphatic rings. The van der Waals surface area contributed by atoms with Crippen LogP contribution in [0.4, 0.5) is 0 Å². The van der Waals surface area contributed by atoms with Crippen LogP contribution in [-0.2, 0) is 9.47 Å². The number of aliphatic hydroxyl groups excluding tert-OH is 1. The van der Waals surface area contributed by atoms with Gasteiger partial charge in [-0.1, -0.05) is 13.8 Å². The van der Waals surface area contributed by atoms with Crippen molar-refractivity contribution in [2.45, 2.75) is 67.1 Å². The molecule has 0 aromatic heterocycles. The van der Waals surface area contributed by atoms with Gasteiger partial charge in [0, 0.05) is 19.8 Å². The van der Waals surface area contributed by atoms with E-state index in [2.05, 4.69) is 13.8 Å². The van der Waals surface area contributed by atoms with E-state index in [0.717, 1.165) is 36.9 Å². The fraction of sp³-hybridized carbons (Fsp3) is 1.00. The highest BCUT2D eigenvalue weighted by Gasteiger charge is 2.42. The fourth-order valence-electron chi connectivity index (χ4n) is 3.38. The van der Waals surface area contributed by atoms with Gasteiger partial charge in [0.05, 0.1) is 0 Å². The summed E-state index contributed by atoms with van der Waals surface area (Å²) in [5.74, 6) is 4.32. The van der Waals surface area contributed by atoms with Crippen LogP contribution in [0.2, 0.25) is 0 Å². The van der Waals surface area contributed by atoms with Crippen LogP contribution >= 0.6 is 0 Å². The minimum atomic E-state index is -0.0370. The van der Waals surface area contributed by atoms with Gasteiger partial charge in [0.2, 0.25) is 0 Å². The minimum Gasteiger partial charge on any atom is -0.397 e. The minimum absolute atomic E-state index is 0.0370.